The van der Waals surface area contributed by atoms with Gasteiger partial charge in [-0.2, -0.15) is 0 Å². The van der Waals surface area contributed by atoms with Crippen LogP contribution in [0.3, 0.4) is 0 Å². The average molecular weight is 294 g/mol. The van der Waals surface area contributed by atoms with Crippen molar-refractivity contribution < 1.29 is 23.9 Å². The number of hydrogen-bond donors (Lipinski definition) is 2. The molecule has 3 N–H and O–H groups in total. The van der Waals surface area contributed by atoms with Crippen LogP contribution < -0.4 is 15.8 Å². The molecule has 1 rings (SSSR count). The summed E-state index contributed by atoms with van der Waals surface area (Å²) in [5, 5.41) is 2.64. The Morgan fingerprint density at radius 3 is 2.38 bits per heavy atom. The maximum Gasteiger partial charge on any atom is 0.306 e. The lowest BCUT2D eigenvalue weighted by Crippen LogP contribution is -2.20. The fourth-order valence-electron chi connectivity index (χ4n) is 1.46. The van der Waals surface area contributed by atoms with Crippen LogP contribution in [0.2, 0.25) is 0 Å². The molecule has 114 valence electrons. The molecule has 0 aromatic heterocycles. The van der Waals surface area contributed by atoms with Crippen molar-refractivity contribution in [2.75, 3.05) is 18.5 Å². The molecule has 0 saturated heterocycles. The maximum absolute atomic E-state index is 11.6. The molecule has 0 aliphatic carbocycles. The first-order valence-corrected chi connectivity index (χ1v) is 6.48. The van der Waals surface area contributed by atoms with Gasteiger partial charge in [0.15, 0.2) is 6.61 Å². The molecule has 7 nitrogen and oxygen atoms in total. The molecule has 0 bridgehead atoms. The highest BCUT2D eigenvalue weighted by Crippen LogP contribution is 2.15. The molecule has 1 aromatic carbocycles. The molecule has 0 saturated carbocycles. The predicted molar refractivity (Wildman–Crippen MR) is 75.6 cm³/mol. The van der Waals surface area contributed by atoms with Crippen LogP contribution >= 0.6 is 0 Å². The zero-order valence-corrected chi connectivity index (χ0v) is 11.8. The van der Waals surface area contributed by atoms with Crippen molar-refractivity contribution in [2.24, 2.45) is 5.73 Å². The third-order valence-electron chi connectivity index (χ3n) is 2.38. The van der Waals surface area contributed by atoms with Gasteiger partial charge in [0.25, 0.3) is 5.91 Å². The van der Waals surface area contributed by atoms with Gasteiger partial charge >= 0.3 is 5.97 Å². The Morgan fingerprint density at radius 1 is 1.14 bits per heavy atom. The van der Waals surface area contributed by atoms with Crippen LogP contribution in [0.25, 0.3) is 0 Å². The minimum Gasteiger partial charge on any atom is -0.484 e. The van der Waals surface area contributed by atoms with E-state index in [9.17, 15) is 14.4 Å². The van der Waals surface area contributed by atoms with Gasteiger partial charge in [0.1, 0.15) is 5.75 Å². The number of carbonyl (C=O) groups is 3. The molecule has 0 aliphatic heterocycles. The van der Waals surface area contributed by atoms with Gasteiger partial charge < -0.3 is 20.5 Å². The molecule has 0 fully saturated rings. The van der Waals surface area contributed by atoms with Gasteiger partial charge in [-0.3, -0.25) is 14.4 Å². The minimum atomic E-state index is -0.564. The van der Waals surface area contributed by atoms with Crippen LogP contribution in [0, 0.1) is 0 Å². The summed E-state index contributed by atoms with van der Waals surface area (Å²) < 4.78 is 9.82. The first kappa shape index (κ1) is 16.5. The molecule has 2 amide bonds. The quantitative estimate of drug-likeness (QED) is 0.690. The lowest BCUT2D eigenvalue weighted by atomic mass is 10.2. The number of nitrogens with two attached hydrogens (primary N) is 1. The van der Waals surface area contributed by atoms with E-state index >= 15 is 0 Å². The zero-order valence-electron chi connectivity index (χ0n) is 11.8. The standard InChI is InChI=1S/C14H18N2O5/c1-2-20-14(19)8-7-13(18)16-10-3-5-11(6-4-10)21-9-12(15)17/h3-6H,2,7-9H2,1H3,(H2,15,17)(H,16,18). The number of benzene rings is 1. The molecule has 0 aliphatic rings. The van der Waals surface area contributed by atoms with Gasteiger partial charge in [0, 0.05) is 12.1 Å². The SMILES string of the molecule is CCOC(=O)CCC(=O)Nc1ccc(OCC(N)=O)cc1. The first-order valence-electron chi connectivity index (χ1n) is 6.48. The Bertz CT molecular complexity index is 499. The smallest absolute Gasteiger partial charge is 0.306 e. The number of hydrogen-bond acceptors (Lipinski definition) is 5. The highest BCUT2D eigenvalue weighted by molar-refractivity contribution is 5.92. The number of anilines is 1. The fraction of sp³-hybridized carbons (Fsp3) is 0.357. The van der Waals surface area contributed by atoms with Crippen LogP contribution in [0.4, 0.5) is 5.69 Å². The molecule has 0 unspecified atom stereocenters. The van der Waals surface area contributed by atoms with E-state index in [1.54, 1.807) is 31.2 Å². The van der Waals surface area contributed by atoms with Crippen molar-refractivity contribution in [1.29, 1.82) is 0 Å². The zero-order chi connectivity index (χ0) is 15.7. The molecule has 21 heavy (non-hydrogen) atoms. The molecule has 0 spiro atoms. The lowest BCUT2D eigenvalue weighted by molar-refractivity contribution is -0.144. The highest BCUT2D eigenvalue weighted by atomic mass is 16.5. The fourth-order valence-corrected chi connectivity index (χ4v) is 1.46. The van der Waals surface area contributed by atoms with Crippen molar-refractivity contribution >= 4 is 23.5 Å². The summed E-state index contributed by atoms with van der Waals surface area (Å²) in [6.07, 6.45) is 0.0955. The normalized spacial score (nSPS) is 9.76. The molecule has 0 radical (unpaired) electrons. The highest BCUT2D eigenvalue weighted by Gasteiger charge is 2.08. The van der Waals surface area contributed by atoms with Crippen LogP contribution in [0.5, 0.6) is 5.75 Å². The summed E-state index contributed by atoms with van der Waals surface area (Å²) in [5.74, 6) is -0.777. The Morgan fingerprint density at radius 2 is 1.81 bits per heavy atom. The Kier molecular flexibility index (Phi) is 6.73. The minimum absolute atomic E-state index is 0.0412. The van der Waals surface area contributed by atoms with E-state index in [0.717, 1.165) is 0 Å². The third-order valence-corrected chi connectivity index (χ3v) is 2.38. The lowest BCUT2D eigenvalue weighted by Gasteiger charge is -2.07. The van der Waals surface area contributed by atoms with E-state index in [0.29, 0.717) is 18.0 Å². The predicted octanol–water partition coefficient (Wildman–Crippen LogP) is 0.832. The Labute approximate surface area is 122 Å². The van der Waals surface area contributed by atoms with Gasteiger partial charge in [-0.25, -0.2) is 0 Å². The van der Waals surface area contributed by atoms with Crippen LogP contribution in [-0.2, 0) is 19.1 Å². The Balaban J connectivity index is 2.39. The molecular weight excluding hydrogens is 276 g/mol. The molecular formula is C14H18N2O5. The van der Waals surface area contributed by atoms with Crippen LogP contribution in [0.1, 0.15) is 19.8 Å². The van der Waals surface area contributed by atoms with E-state index in [4.69, 9.17) is 15.2 Å². The number of esters is 1. The summed E-state index contributed by atoms with van der Waals surface area (Å²) in [6, 6.07) is 6.45. The molecule has 7 heteroatoms. The summed E-state index contributed by atoms with van der Waals surface area (Å²) >= 11 is 0. The van der Waals surface area contributed by atoms with Gasteiger partial charge in [-0.05, 0) is 31.2 Å². The van der Waals surface area contributed by atoms with Gasteiger partial charge in [0.05, 0.1) is 13.0 Å². The van der Waals surface area contributed by atoms with Crippen molar-refractivity contribution in [3.05, 3.63) is 24.3 Å². The van der Waals surface area contributed by atoms with E-state index in [1.165, 1.54) is 0 Å². The van der Waals surface area contributed by atoms with E-state index < -0.39 is 11.9 Å². The van der Waals surface area contributed by atoms with E-state index in [2.05, 4.69) is 5.32 Å². The van der Waals surface area contributed by atoms with Gasteiger partial charge in [-0.15, -0.1) is 0 Å². The number of ether oxygens (including phenoxy) is 2. The number of carbonyl (C=O) groups excluding carboxylic acids is 3. The van der Waals surface area contributed by atoms with Crippen molar-refractivity contribution in [3.8, 4) is 5.75 Å². The largest absolute Gasteiger partial charge is 0.484 e. The number of primary amides is 1. The van der Waals surface area contributed by atoms with E-state index in [1.807, 2.05) is 0 Å². The second-order valence-electron chi connectivity index (χ2n) is 4.13. The third kappa shape index (κ3) is 6.95. The average Bonchev–Trinajstić information content (AvgIpc) is 2.45. The monoisotopic (exact) mass is 294 g/mol. The Hall–Kier alpha value is -2.57. The summed E-state index contributed by atoms with van der Waals surface area (Å²) in [4.78, 5) is 33.3. The summed E-state index contributed by atoms with van der Waals surface area (Å²) in [7, 11) is 0. The van der Waals surface area contributed by atoms with Crippen LogP contribution in [-0.4, -0.2) is 31.0 Å². The topological polar surface area (TPSA) is 108 Å². The van der Waals surface area contributed by atoms with Crippen molar-refractivity contribution in [3.63, 3.8) is 0 Å². The molecule has 0 heterocycles. The summed E-state index contributed by atoms with van der Waals surface area (Å²) in [6.45, 7) is 1.80. The van der Waals surface area contributed by atoms with E-state index in [-0.39, 0.29) is 25.4 Å². The maximum atomic E-state index is 11.6. The molecule has 1 aromatic rings. The first-order chi connectivity index (χ1) is 10.0. The van der Waals surface area contributed by atoms with Gasteiger partial charge in [0.2, 0.25) is 5.91 Å². The number of nitrogens with one attached hydrogen (secondary N) is 1. The van der Waals surface area contributed by atoms with Crippen molar-refractivity contribution in [1.82, 2.24) is 0 Å². The molecule has 0 atom stereocenters. The second-order valence-corrected chi connectivity index (χ2v) is 4.13. The number of rotatable bonds is 8. The van der Waals surface area contributed by atoms with Gasteiger partial charge in [-0.1, -0.05) is 0 Å². The van der Waals surface area contributed by atoms with Crippen LogP contribution in [0.15, 0.2) is 24.3 Å². The second kappa shape index (κ2) is 8.57. The van der Waals surface area contributed by atoms with Crippen molar-refractivity contribution in [2.45, 2.75) is 19.8 Å². The summed E-state index contributed by atoms with van der Waals surface area (Å²) in [5.41, 5.74) is 5.52. The number of amides is 2.